The maximum Gasteiger partial charge on any atom is 0.253 e. The van der Waals surface area contributed by atoms with E-state index in [0.29, 0.717) is 13.0 Å². The summed E-state index contributed by atoms with van der Waals surface area (Å²) in [6.07, 6.45) is 11.2. The van der Waals surface area contributed by atoms with Crippen LogP contribution in [0.25, 0.3) is 0 Å². The first kappa shape index (κ1) is 19.9. The van der Waals surface area contributed by atoms with Crippen molar-refractivity contribution in [1.82, 2.24) is 15.8 Å². The van der Waals surface area contributed by atoms with Gasteiger partial charge in [0.15, 0.2) is 0 Å². The third-order valence-electron chi connectivity index (χ3n) is 3.81. The quantitative estimate of drug-likeness (QED) is 0.340. The fourth-order valence-corrected chi connectivity index (χ4v) is 2.49. The summed E-state index contributed by atoms with van der Waals surface area (Å²) in [7, 11) is 0. The van der Waals surface area contributed by atoms with E-state index >= 15 is 0 Å². The van der Waals surface area contributed by atoms with Crippen molar-refractivity contribution in [2.24, 2.45) is 0 Å². The van der Waals surface area contributed by atoms with E-state index in [1.807, 2.05) is 0 Å². The van der Waals surface area contributed by atoms with Gasteiger partial charge in [0.1, 0.15) is 0 Å². The molecule has 0 aliphatic carbocycles. The molecule has 1 aliphatic rings. The van der Waals surface area contributed by atoms with E-state index in [4.69, 9.17) is 0 Å². The SMILES string of the molecule is CC(=O)NNC(=O)CCCCCCCCCCN1C(=O)C=CC1=O. The van der Waals surface area contributed by atoms with Crippen molar-refractivity contribution in [3.63, 3.8) is 0 Å². The summed E-state index contributed by atoms with van der Waals surface area (Å²) in [4.78, 5) is 45.9. The molecule has 0 saturated carbocycles. The van der Waals surface area contributed by atoms with E-state index in [1.165, 1.54) is 24.0 Å². The highest BCUT2D eigenvalue weighted by Gasteiger charge is 2.21. The van der Waals surface area contributed by atoms with E-state index in [9.17, 15) is 19.2 Å². The molecular weight excluding hydrogens is 310 g/mol. The molecular formula is C17H27N3O4. The fourth-order valence-electron chi connectivity index (χ4n) is 2.49. The first-order chi connectivity index (χ1) is 11.5. The normalized spacial score (nSPS) is 13.5. The van der Waals surface area contributed by atoms with Gasteiger partial charge < -0.3 is 0 Å². The molecule has 24 heavy (non-hydrogen) atoms. The molecule has 0 aromatic rings. The number of imide groups is 1. The largest absolute Gasteiger partial charge is 0.275 e. The Morgan fingerprint density at radius 3 is 1.88 bits per heavy atom. The molecule has 134 valence electrons. The Balaban J connectivity index is 1.85. The van der Waals surface area contributed by atoms with Gasteiger partial charge in [0.25, 0.3) is 11.8 Å². The summed E-state index contributed by atoms with van der Waals surface area (Å²) in [5, 5.41) is 0. The molecule has 4 amide bonds. The highest BCUT2D eigenvalue weighted by molar-refractivity contribution is 6.12. The van der Waals surface area contributed by atoms with Crippen molar-refractivity contribution < 1.29 is 19.2 Å². The fraction of sp³-hybridized carbons (Fsp3) is 0.647. The van der Waals surface area contributed by atoms with Crippen LogP contribution in [0.2, 0.25) is 0 Å². The van der Waals surface area contributed by atoms with E-state index in [2.05, 4.69) is 10.9 Å². The molecule has 7 nitrogen and oxygen atoms in total. The van der Waals surface area contributed by atoms with Crippen molar-refractivity contribution in [3.8, 4) is 0 Å². The number of hydrogen-bond acceptors (Lipinski definition) is 4. The van der Waals surface area contributed by atoms with Gasteiger partial charge in [-0.3, -0.25) is 34.9 Å². The summed E-state index contributed by atoms with van der Waals surface area (Å²) in [5.74, 6) is -0.853. The zero-order valence-corrected chi connectivity index (χ0v) is 14.3. The number of amides is 4. The minimum absolute atomic E-state index is 0.161. The number of nitrogens with one attached hydrogen (secondary N) is 2. The summed E-state index contributed by atoms with van der Waals surface area (Å²) in [6, 6.07) is 0. The lowest BCUT2D eigenvalue weighted by molar-refractivity contribution is -0.136. The first-order valence-electron chi connectivity index (χ1n) is 8.59. The Morgan fingerprint density at radius 1 is 0.833 bits per heavy atom. The molecule has 7 heteroatoms. The Hall–Kier alpha value is -2.18. The standard InChI is InChI=1S/C17H27N3O4/c1-14(21)18-19-15(22)10-8-6-4-2-3-5-7-9-13-20-16(23)11-12-17(20)24/h11-12H,2-10,13H2,1H3,(H,18,21)(H,19,22). The minimum Gasteiger partial charge on any atom is -0.275 e. The average Bonchev–Trinajstić information content (AvgIpc) is 2.86. The predicted octanol–water partition coefficient (Wildman–Crippen LogP) is 1.59. The topological polar surface area (TPSA) is 95.6 Å². The maximum absolute atomic E-state index is 11.3. The van der Waals surface area contributed by atoms with Crippen molar-refractivity contribution in [3.05, 3.63) is 12.2 Å². The first-order valence-corrected chi connectivity index (χ1v) is 8.59. The molecule has 0 unspecified atom stereocenters. The van der Waals surface area contributed by atoms with Gasteiger partial charge in [0.05, 0.1) is 0 Å². The molecule has 2 N–H and O–H groups in total. The number of carbonyl (C=O) groups is 4. The van der Waals surface area contributed by atoms with E-state index in [-0.39, 0.29) is 23.6 Å². The molecule has 1 heterocycles. The molecule has 0 saturated heterocycles. The Morgan fingerprint density at radius 2 is 1.33 bits per heavy atom. The number of nitrogens with zero attached hydrogens (tertiary/aromatic N) is 1. The Kier molecular flexibility index (Phi) is 9.41. The number of carbonyl (C=O) groups excluding carboxylic acids is 4. The highest BCUT2D eigenvalue weighted by Crippen LogP contribution is 2.11. The lowest BCUT2D eigenvalue weighted by atomic mass is 10.1. The van der Waals surface area contributed by atoms with Crippen LogP contribution in [0.3, 0.4) is 0 Å². The van der Waals surface area contributed by atoms with Gasteiger partial charge in [0, 0.05) is 32.0 Å². The molecule has 0 atom stereocenters. The van der Waals surface area contributed by atoms with Gasteiger partial charge in [-0.05, 0) is 12.8 Å². The van der Waals surface area contributed by atoms with E-state index in [1.54, 1.807) is 0 Å². The third kappa shape index (κ3) is 8.45. The number of hydrazine groups is 1. The van der Waals surface area contributed by atoms with E-state index in [0.717, 1.165) is 51.4 Å². The number of rotatable bonds is 11. The van der Waals surface area contributed by atoms with Crippen LogP contribution in [-0.2, 0) is 19.2 Å². The van der Waals surface area contributed by atoms with Crippen LogP contribution < -0.4 is 10.9 Å². The van der Waals surface area contributed by atoms with Gasteiger partial charge in [-0.1, -0.05) is 38.5 Å². The lowest BCUT2D eigenvalue weighted by Gasteiger charge is -2.12. The van der Waals surface area contributed by atoms with Gasteiger partial charge in [-0.25, -0.2) is 0 Å². The van der Waals surface area contributed by atoms with Crippen molar-refractivity contribution in [1.29, 1.82) is 0 Å². The Labute approximate surface area is 142 Å². The predicted molar refractivity (Wildman–Crippen MR) is 89.4 cm³/mol. The molecule has 0 radical (unpaired) electrons. The molecule has 0 aromatic heterocycles. The third-order valence-corrected chi connectivity index (χ3v) is 3.81. The van der Waals surface area contributed by atoms with Crippen LogP contribution in [0, 0.1) is 0 Å². The van der Waals surface area contributed by atoms with Crippen LogP contribution in [0.1, 0.15) is 64.7 Å². The van der Waals surface area contributed by atoms with Crippen LogP contribution in [0.5, 0.6) is 0 Å². The zero-order valence-electron chi connectivity index (χ0n) is 14.3. The van der Waals surface area contributed by atoms with Crippen LogP contribution in [-0.4, -0.2) is 35.1 Å². The van der Waals surface area contributed by atoms with Gasteiger partial charge in [-0.15, -0.1) is 0 Å². The van der Waals surface area contributed by atoms with Gasteiger partial charge >= 0.3 is 0 Å². The summed E-state index contributed by atoms with van der Waals surface area (Å²) < 4.78 is 0. The minimum atomic E-state index is -0.280. The highest BCUT2D eigenvalue weighted by atomic mass is 16.2. The summed E-state index contributed by atoms with van der Waals surface area (Å²) in [5.41, 5.74) is 4.61. The van der Waals surface area contributed by atoms with Gasteiger partial charge in [0.2, 0.25) is 11.8 Å². The second-order valence-electron chi connectivity index (χ2n) is 5.97. The molecule has 0 spiro atoms. The van der Waals surface area contributed by atoms with Gasteiger partial charge in [-0.2, -0.15) is 0 Å². The van der Waals surface area contributed by atoms with Crippen molar-refractivity contribution in [2.45, 2.75) is 64.7 Å². The number of hydrogen-bond donors (Lipinski definition) is 2. The van der Waals surface area contributed by atoms with Crippen LogP contribution in [0.4, 0.5) is 0 Å². The Bertz CT molecular complexity index is 470. The summed E-state index contributed by atoms with van der Waals surface area (Å²) >= 11 is 0. The number of unbranched alkanes of at least 4 members (excludes halogenated alkanes) is 7. The monoisotopic (exact) mass is 337 g/mol. The zero-order chi connectivity index (χ0) is 17.8. The molecule has 1 aliphatic heterocycles. The van der Waals surface area contributed by atoms with Crippen LogP contribution >= 0.6 is 0 Å². The average molecular weight is 337 g/mol. The van der Waals surface area contributed by atoms with E-state index < -0.39 is 0 Å². The molecule has 0 bridgehead atoms. The van der Waals surface area contributed by atoms with Crippen LogP contribution in [0.15, 0.2) is 12.2 Å². The smallest absolute Gasteiger partial charge is 0.253 e. The second kappa shape index (κ2) is 11.4. The second-order valence-corrected chi connectivity index (χ2v) is 5.97. The molecule has 0 fully saturated rings. The maximum atomic E-state index is 11.3. The molecule has 0 aromatic carbocycles. The lowest BCUT2D eigenvalue weighted by Crippen LogP contribution is -2.40. The van der Waals surface area contributed by atoms with Crippen molar-refractivity contribution in [2.75, 3.05) is 6.54 Å². The summed E-state index contributed by atoms with van der Waals surface area (Å²) in [6.45, 7) is 1.85. The van der Waals surface area contributed by atoms with Crippen molar-refractivity contribution >= 4 is 23.6 Å². The molecule has 1 rings (SSSR count).